The van der Waals surface area contributed by atoms with E-state index in [1.165, 1.54) is 0 Å². The van der Waals surface area contributed by atoms with Crippen LogP contribution in [0.3, 0.4) is 0 Å². The van der Waals surface area contributed by atoms with Crippen molar-refractivity contribution in [3.05, 3.63) is 12.2 Å². The number of unbranched alkanes of at least 4 members (excludes halogenated alkanes) is 1. The highest BCUT2D eigenvalue weighted by Gasteiger charge is 2.47. The van der Waals surface area contributed by atoms with Crippen molar-refractivity contribution in [3.8, 4) is 0 Å². The Bertz CT molecular complexity index is 508. The standard InChI is InChI=1S/C20H34N2O4/c1-3-4-5-6-8-18(24)22-13-9-17(23)20(16-22)11-7-12-21(15-20)19(25)10-14-26-2/h3-4,17,23H,5-16H2,1-2H3/b4-3+/t17-,20+/m1/s1. The van der Waals surface area contributed by atoms with Gasteiger partial charge in [0.1, 0.15) is 0 Å². The van der Waals surface area contributed by atoms with Gasteiger partial charge in [-0.15, -0.1) is 0 Å². The second kappa shape index (κ2) is 10.1. The molecule has 1 N–H and O–H groups in total. The van der Waals surface area contributed by atoms with E-state index < -0.39 is 6.10 Å². The topological polar surface area (TPSA) is 70.1 Å². The SMILES string of the molecule is C/C=C/CCCC(=O)N1CC[C@@H](O)[C@]2(CCCN(C(=O)CCOC)C2)C1. The van der Waals surface area contributed by atoms with Crippen molar-refractivity contribution in [1.82, 2.24) is 9.80 Å². The summed E-state index contributed by atoms with van der Waals surface area (Å²) in [5, 5.41) is 10.7. The fourth-order valence-electron chi connectivity index (χ4n) is 4.18. The zero-order chi connectivity index (χ0) is 19.0. The lowest BCUT2D eigenvalue weighted by molar-refractivity contribution is -0.149. The monoisotopic (exact) mass is 366 g/mol. The summed E-state index contributed by atoms with van der Waals surface area (Å²) >= 11 is 0. The second-order valence-corrected chi connectivity index (χ2v) is 7.61. The van der Waals surface area contributed by atoms with Gasteiger partial charge >= 0.3 is 0 Å². The molecule has 0 aliphatic carbocycles. The van der Waals surface area contributed by atoms with E-state index in [-0.39, 0.29) is 17.2 Å². The number of likely N-dealkylation sites (tertiary alicyclic amines) is 2. The molecule has 2 aliphatic heterocycles. The Labute approximate surface area is 157 Å². The van der Waals surface area contributed by atoms with Crippen LogP contribution in [-0.4, -0.2) is 72.7 Å². The van der Waals surface area contributed by atoms with Crippen LogP contribution in [0.25, 0.3) is 0 Å². The molecule has 2 fully saturated rings. The molecule has 6 heteroatoms. The van der Waals surface area contributed by atoms with Gasteiger partial charge in [0.05, 0.1) is 19.1 Å². The van der Waals surface area contributed by atoms with Gasteiger partial charge in [0.2, 0.25) is 11.8 Å². The highest BCUT2D eigenvalue weighted by molar-refractivity contribution is 5.77. The fourth-order valence-corrected chi connectivity index (χ4v) is 4.18. The van der Waals surface area contributed by atoms with Crippen molar-refractivity contribution in [1.29, 1.82) is 0 Å². The summed E-state index contributed by atoms with van der Waals surface area (Å²) in [7, 11) is 1.59. The summed E-state index contributed by atoms with van der Waals surface area (Å²) in [6, 6.07) is 0. The van der Waals surface area contributed by atoms with Gasteiger partial charge in [0.25, 0.3) is 0 Å². The van der Waals surface area contributed by atoms with Gasteiger partial charge in [-0.05, 0) is 39.0 Å². The Hall–Kier alpha value is -1.40. The number of ether oxygens (including phenoxy) is 1. The first kappa shape index (κ1) is 20.9. The number of hydrogen-bond donors (Lipinski definition) is 1. The zero-order valence-corrected chi connectivity index (χ0v) is 16.3. The molecule has 26 heavy (non-hydrogen) atoms. The van der Waals surface area contributed by atoms with E-state index in [0.717, 1.165) is 32.2 Å². The van der Waals surface area contributed by atoms with Crippen LogP contribution in [-0.2, 0) is 14.3 Å². The van der Waals surface area contributed by atoms with Crippen LogP contribution in [0.2, 0.25) is 0 Å². The number of aliphatic hydroxyl groups excluding tert-OH is 1. The van der Waals surface area contributed by atoms with Gasteiger partial charge in [-0.2, -0.15) is 0 Å². The minimum absolute atomic E-state index is 0.0768. The van der Waals surface area contributed by atoms with E-state index in [2.05, 4.69) is 6.08 Å². The van der Waals surface area contributed by atoms with Gasteiger partial charge in [-0.1, -0.05) is 12.2 Å². The maximum Gasteiger partial charge on any atom is 0.224 e. The predicted molar refractivity (Wildman–Crippen MR) is 101 cm³/mol. The summed E-state index contributed by atoms with van der Waals surface area (Å²) in [6.07, 6.45) is 8.68. The summed E-state index contributed by atoms with van der Waals surface area (Å²) in [4.78, 5) is 28.7. The van der Waals surface area contributed by atoms with E-state index >= 15 is 0 Å². The first-order valence-electron chi connectivity index (χ1n) is 9.86. The molecule has 0 unspecified atom stereocenters. The first-order valence-corrected chi connectivity index (χ1v) is 9.86. The molecular weight excluding hydrogens is 332 g/mol. The number of hydrogen-bond acceptors (Lipinski definition) is 4. The molecule has 2 atom stereocenters. The number of nitrogens with zero attached hydrogens (tertiary/aromatic N) is 2. The number of rotatable bonds is 7. The summed E-state index contributed by atoms with van der Waals surface area (Å²) in [6.45, 7) is 4.85. The fraction of sp³-hybridized carbons (Fsp3) is 0.800. The normalized spacial score (nSPS) is 26.7. The van der Waals surface area contributed by atoms with E-state index in [9.17, 15) is 14.7 Å². The maximum absolute atomic E-state index is 12.6. The number of carbonyl (C=O) groups is 2. The molecule has 6 nitrogen and oxygen atoms in total. The van der Waals surface area contributed by atoms with Crippen molar-refractivity contribution in [2.75, 3.05) is 39.9 Å². The molecule has 0 aromatic heterocycles. The summed E-state index contributed by atoms with van der Waals surface area (Å²) in [5.74, 6) is 0.247. The van der Waals surface area contributed by atoms with E-state index in [4.69, 9.17) is 4.74 Å². The minimum Gasteiger partial charge on any atom is -0.392 e. The Morgan fingerprint density at radius 2 is 1.88 bits per heavy atom. The molecule has 2 amide bonds. The zero-order valence-electron chi connectivity index (χ0n) is 16.3. The number of carbonyl (C=O) groups excluding carboxylic acids is 2. The third kappa shape index (κ3) is 5.30. The van der Waals surface area contributed by atoms with Crippen molar-refractivity contribution >= 4 is 11.8 Å². The molecule has 2 saturated heterocycles. The number of allylic oxidation sites excluding steroid dienone is 2. The average Bonchev–Trinajstić information content (AvgIpc) is 2.65. The smallest absolute Gasteiger partial charge is 0.224 e. The van der Waals surface area contributed by atoms with Gasteiger partial charge in [-0.25, -0.2) is 0 Å². The van der Waals surface area contributed by atoms with Gasteiger partial charge in [0.15, 0.2) is 0 Å². The molecule has 2 heterocycles. The molecule has 148 valence electrons. The predicted octanol–water partition coefficient (Wildman–Crippen LogP) is 1.97. The van der Waals surface area contributed by atoms with Crippen LogP contribution in [0.5, 0.6) is 0 Å². The molecule has 1 spiro atoms. The number of methoxy groups -OCH3 is 1. The van der Waals surface area contributed by atoms with Crippen molar-refractivity contribution in [2.45, 2.75) is 58.0 Å². The molecule has 0 aromatic carbocycles. The number of piperidine rings is 2. The Morgan fingerprint density at radius 1 is 1.19 bits per heavy atom. The largest absolute Gasteiger partial charge is 0.392 e. The second-order valence-electron chi connectivity index (χ2n) is 7.61. The van der Waals surface area contributed by atoms with Crippen LogP contribution < -0.4 is 0 Å². The van der Waals surface area contributed by atoms with Crippen molar-refractivity contribution < 1.29 is 19.4 Å². The van der Waals surface area contributed by atoms with Crippen LogP contribution in [0, 0.1) is 5.41 Å². The lowest BCUT2D eigenvalue weighted by atomic mass is 9.71. The molecule has 2 rings (SSSR count). The summed E-state index contributed by atoms with van der Waals surface area (Å²) in [5.41, 5.74) is -0.377. The third-order valence-electron chi connectivity index (χ3n) is 5.72. The van der Waals surface area contributed by atoms with E-state index in [0.29, 0.717) is 45.5 Å². The lowest BCUT2D eigenvalue weighted by Crippen LogP contribution is -2.60. The molecule has 0 radical (unpaired) electrons. The lowest BCUT2D eigenvalue weighted by Gasteiger charge is -2.51. The minimum atomic E-state index is -0.451. The van der Waals surface area contributed by atoms with Crippen LogP contribution in [0.4, 0.5) is 0 Å². The maximum atomic E-state index is 12.6. The quantitative estimate of drug-likeness (QED) is 0.552. The molecule has 0 aromatic rings. The third-order valence-corrected chi connectivity index (χ3v) is 5.72. The highest BCUT2D eigenvalue weighted by atomic mass is 16.5. The first-order chi connectivity index (χ1) is 12.5. The highest BCUT2D eigenvalue weighted by Crippen LogP contribution is 2.39. The van der Waals surface area contributed by atoms with E-state index in [1.54, 1.807) is 7.11 Å². The van der Waals surface area contributed by atoms with E-state index in [1.807, 2.05) is 22.8 Å². The Kier molecular flexibility index (Phi) is 8.10. The van der Waals surface area contributed by atoms with Gasteiger partial charge in [0, 0.05) is 45.1 Å². The molecular formula is C20H34N2O4. The van der Waals surface area contributed by atoms with Gasteiger partial charge in [-0.3, -0.25) is 9.59 Å². The van der Waals surface area contributed by atoms with Crippen LogP contribution in [0.1, 0.15) is 51.9 Å². The Balaban J connectivity index is 1.97. The van der Waals surface area contributed by atoms with Crippen LogP contribution >= 0.6 is 0 Å². The average molecular weight is 367 g/mol. The van der Waals surface area contributed by atoms with Crippen molar-refractivity contribution in [3.63, 3.8) is 0 Å². The van der Waals surface area contributed by atoms with Gasteiger partial charge < -0.3 is 19.6 Å². The Morgan fingerprint density at radius 3 is 2.58 bits per heavy atom. The molecule has 2 aliphatic rings. The molecule has 0 bridgehead atoms. The molecule has 0 saturated carbocycles. The van der Waals surface area contributed by atoms with Crippen LogP contribution in [0.15, 0.2) is 12.2 Å². The summed E-state index contributed by atoms with van der Waals surface area (Å²) < 4.78 is 5.01. The number of amides is 2. The number of aliphatic hydroxyl groups is 1. The van der Waals surface area contributed by atoms with Crippen molar-refractivity contribution in [2.24, 2.45) is 5.41 Å².